The van der Waals surface area contributed by atoms with Gasteiger partial charge in [0.15, 0.2) is 0 Å². The van der Waals surface area contributed by atoms with Gasteiger partial charge in [0.1, 0.15) is 5.82 Å². The van der Waals surface area contributed by atoms with E-state index in [0.29, 0.717) is 12.0 Å². The lowest BCUT2D eigenvalue weighted by atomic mass is 9.33. The molecule has 5 aromatic carbocycles. The summed E-state index contributed by atoms with van der Waals surface area (Å²) in [6.07, 6.45) is 7.00. The van der Waals surface area contributed by atoms with Crippen LogP contribution in [-0.2, 0) is 5.41 Å². The molecule has 6 aromatic rings. The topological polar surface area (TPSA) is 22.6 Å². The van der Waals surface area contributed by atoms with Crippen molar-refractivity contribution in [2.24, 2.45) is 0 Å². The number of rotatable bonds is 3. The highest BCUT2D eigenvalue weighted by Crippen LogP contribution is 2.54. The minimum Gasteiger partial charge on any atom is -0.338 e. The van der Waals surface area contributed by atoms with Crippen LogP contribution in [0.15, 0.2) is 134 Å². The van der Waals surface area contributed by atoms with E-state index in [-0.39, 0.29) is 12.1 Å². The molecule has 1 fully saturated rings. The summed E-state index contributed by atoms with van der Waals surface area (Å²) in [7, 11) is 0. The molecule has 0 N–H and O–H groups in total. The van der Waals surface area contributed by atoms with E-state index in [1.165, 1.54) is 87.3 Å². The molecule has 0 bridgehead atoms. The van der Waals surface area contributed by atoms with Crippen molar-refractivity contribution in [1.29, 1.82) is 0 Å². The molecule has 0 saturated heterocycles. The fraction of sp³-hybridized carbons (Fsp3) is 0.222. The molecule has 4 heterocycles. The highest BCUT2D eigenvalue weighted by atomic mass is 15.2. The fourth-order valence-corrected chi connectivity index (χ4v) is 9.38. The first-order valence-corrected chi connectivity index (χ1v) is 18.3. The zero-order valence-electron chi connectivity index (χ0n) is 29.1. The summed E-state index contributed by atoms with van der Waals surface area (Å²) in [5, 5.41) is 0. The SMILES string of the molecule is CC(C)(C)c1cc2c3c(c1)N(c1ccccc1)c1ncccc1B3c1cc3c(cc1N2c1ccccc1)C1CCCCC1N3c1ccccc1. The molecule has 4 nitrogen and oxygen atoms in total. The first-order chi connectivity index (χ1) is 24.5. The normalized spacial score (nSPS) is 18.6. The maximum absolute atomic E-state index is 5.17. The minimum absolute atomic E-state index is 0.0400. The summed E-state index contributed by atoms with van der Waals surface area (Å²) < 4.78 is 0. The van der Waals surface area contributed by atoms with E-state index < -0.39 is 0 Å². The van der Waals surface area contributed by atoms with Crippen LogP contribution < -0.4 is 31.1 Å². The lowest BCUT2D eigenvalue weighted by molar-refractivity contribution is 0.402. The van der Waals surface area contributed by atoms with Gasteiger partial charge in [-0.05, 0) is 113 Å². The van der Waals surface area contributed by atoms with E-state index >= 15 is 0 Å². The zero-order chi connectivity index (χ0) is 33.6. The van der Waals surface area contributed by atoms with Crippen molar-refractivity contribution in [2.45, 2.75) is 63.8 Å². The van der Waals surface area contributed by atoms with Gasteiger partial charge in [-0.25, -0.2) is 4.98 Å². The van der Waals surface area contributed by atoms with Crippen LogP contribution in [-0.4, -0.2) is 17.7 Å². The van der Waals surface area contributed by atoms with Gasteiger partial charge in [0.2, 0.25) is 0 Å². The average Bonchev–Trinajstić information content (AvgIpc) is 3.47. The summed E-state index contributed by atoms with van der Waals surface area (Å²) >= 11 is 0. The summed E-state index contributed by atoms with van der Waals surface area (Å²) in [6, 6.07) is 48.0. The third kappa shape index (κ3) is 4.35. The fourth-order valence-electron chi connectivity index (χ4n) is 9.38. The third-order valence-corrected chi connectivity index (χ3v) is 11.6. The molecule has 10 rings (SSSR count). The number of nitrogens with zero attached hydrogens (tertiary/aromatic N) is 4. The minimum atomic E-state index is -0.0557. The van der Waals surface area contributed by atoms with E-state index in [0.717, 1.165) is 11.5 Å². The molecule has 4 aliphatic rings. The van der Waals surface area contributed by atoms with Crippen LogP contribution in [0.3, 0.4) is 0 Å². The Labute approximate surface area is 296 Å². The van der Waals surface area contributed by atoms with Gasteiger partial charge in [-0.1, -0.05) is 94.3 Å². The number of pyridine rings is 1. The largest absolute Gasteiger partial charge is 0.338 e. The van der Waals surface area contributed by atoms with Gasteiger partial charge in [-0.15, -0.1) is 0 Å². The van der Waals surface area contributed by atoms with Gasteiger partial charge < -0.3 is 9.80 Å². The second kappa shape index (κ2) is 11.1. The number of anilines is 8. The maximum Gasteiger partial charge on any atom is 0.254 e. The quantitative estimate of drug-likeness (QED) is 0.178. The predicted molar refractivity (Wildman–Crippen MR) is 211 cm³/mol. The number of hydrogen-bond donors (Lipinski definition) is 0. The molecule has 0 radical (unpaired) electrons. The van der Waals surface area contributed by atoms with Crippen molar-refractivity contribution < 1.29 is 0 Å². The standard InChI is InChI=1S/C45H41BN4/c1-45(2,3)30-26-41-43-42(27-30)50(33-20-11-6-12-21-33)44-36(23-15-25-47-44)46(43)37-29-39-35(28-40(37)49(41)32-18-9-5-10-19-32)34-22-13-14-24-38(34)48(39)31-16-7-4-8-17-31/h4-12,15-21,23,25-29,34,38H,13-14,22,24H2,1-3H3. The highest BCUT2D eigenvalue weighted by molar-refractivity contribution is 7.00. The van der Waals surface area contributed by atoms with E-state index in [4.69, 9.17) is 4.98 Å². The molecule has 1 aromatic heterocycles. The molecule has 5 heteroatoms. The summed E-state index contributed by atoms with van der Waals surface area (Å²) in [5.41, 5.74) is 15.5. The number of benzene rings is 5. The highest BCUT2D eigenvalue weighted by Gasteiger charge is 2.47. The third-order valence-electron chi connectivity index (χ3n) is 11.6. The van der Waals surface area contributed by atoms with Gasteiger partial charge >= 0.3 is 0 Å². The lowest BCUT2D eigenvalue weighted by Gasteiger charge is -2.44. The van der Waals surface area contributed by atoms with Crippen LogP contribution in [0.5, 0.6) is 0 Å². The van der Waals surface area contributed by atoms with Crippen molar-refractivity contribution in [2.75, 3.05) is 14.7 Å². The lowest BCUT2D eigenvalue weighted by Crippen LogP contribution is -2.61. The number of para-hydroxylation sites is 3. The Kier molecular flexibility index (Phi) is 6.58. The Morgan fingerprint density at radius 1 is 0.600 bits per heavy atom. The number of hydrogen-bond acceptors (Lipinski definition) is 4. The van der Waals surface area contributed by atoms with E-state index in [1.807, 2.05) is 6.20 Å². The van der Waals surface area contributed by atoms with E-state index in [2.05, 4.69) is 163 Å². The van der Waals surface area contributed by atoms with E-state index in [1.54, 1.807) is 0 Å². The summed E-state index contributed by atoms with van der Waals surface area (Å²) in [4.78, 5) is 12.8. The maximum atomic E-state index is 5.17. The molecule has 244 valence electrons. The molecule has 2 unspecified atom stereocenters. The first-order valence-electron chi connectivity index (χ1n) is 18.3. The van der Waals surface area contributed by atoms with Crippen LogP contribution in [0.1, 0.15) is 63.5 Å². The van der Waals surface area contributed by atoms with Crippen molar-refractivity contribution in [3.63, 3.8) is 0 Å². The van der Waals surface area contributed by atoms with Crippen LogP contribution in [0.4, 0.5) is 45.6 Å². The van der Waals surface area contributed by atoms with Gasteiger partial charge in [0.05, 0.1) is 0 Å². The smallest absolute Gasteiger partial charge is 0.254 e. The molecular weight excluding hydrogens is 607 g/mol. The van der Waals surface area contributed by atoms with Gasteiger partial charge in [0.25, 0.3) is 6.71 Å². The Bertz CT molecular complexity index is 2250. The number of aromatic nitrogens is 1. The molecular formula is C45H41BN4. The van der Waals surface area contributed by atoms with Gasteiger partial charge in [-0.2, -0.15) is 0 Å². The van der Waals surface area contributed by atoms with Crippen LogP contribution in [0.2, 0.25) is 0 Å². The second-order valence-corrected chi connectivity index (χ2v) is 15.5. The van der Waals surface area contributed by atoms with Crippen LogP contribution in [0.25, 0.3) is 0 Å². The van der Waals surface area contributed by atoms with Gasteiger partial charge in [-0.3, -0.25) is 4.90 Å². The van der Waals surface area contributed by atoms with E-state index in [9.17, 15) is 0 Å². The molecule has 2 atom stereocenters. The average molecular weight is 649 g/mol. The Morgan fingerprint density at radius 2 is 1.22 bits per heavy atom. The molecule has 0 spiro atoms. The number of fused-ring (bicyclic) bond motifs is 7. The molecule has 0 amide bonds. The first kappa shape index (κ1) is 29.6. The van der Waals surface area contributed by atoms with Crippen molar-refractivity contribution in [3.8, 4) is 0 Å². The molecule has 1 saturated carbocycles. The molecule has 1 aliphatic carbocycles. The Hall–Kier alpha value is -5.29. The van der Waals surface area contributed by atoms with Crippen molar-refractivity contribution in [3.05, 3.63) is 145 Å². The Balaban J connectivity index is 1.31. The van der Waals surface area contributed by atoms with Crippen LogP contribution in [0, 0.1) is 0 Å². The van der Waals surface area contributed by atoms with Crippen molar-refractivity contribution in [1.82, 2.24) is 4.98 Å². The van der Waals surface area contributed by atoms with Crippen molar-refractivity contribution >= 4 is 68.7 Å². The molecule has 3 aliphatic heterocycles. The zero-order valence-corrected chi connectivity index (χ0v) is 29.1. The van der Waals surface area contributed by atoms with Gasteiger partial charge in [0, 0.05) is 58.0 Å². The Morgan fingerprint density at radius 3 is 1.90 bits per heavy atom. The second-order valence-electron chi connectivity index (χ2n) is 15.5. The monoisotopic (exact) mass is 648 g/mol. The summed E-state index contributed by atoms with van der Waals surface area (Å²) in [5.74, 6) is 1.54. The molecule has 50 heavy (non-hydrogen) atoms. The summed E-state index contributed by atoms with van der Waals surface area (Å²) in [6.45, 7) is 7.04. The van der Waals surface area contributed by atoms with Crippen LogP contribution >= 0.6 is 0 Å². The predicted octanol–water partition coefficient (Wildman–Crippen LogP) is 9.64.